The summed E-state index contributed by atoms with van der Waals surface area (Å²) in [5, 5.41) is 50.3. The zero-order valence-electron chi connectivity index (χ0n) is 19.7. The molecule has 0 radical (unpaired) electrons. The Bertz CT molecular complexity index is 761. The molecule has 0 aromatic rings. The maximum atomic E-state index is 11.4. The predicted octanol–water partition coefficient (Wildman–Crippen LogP) is 1.67. The standard InChI is InChI=1S/C25H40O8/c1-24-9-7-13(32-23-20(29)18(27)19(28)21(33-23)22(30)31)11-12(24)3-4-14-15-5-6-17(26)25(15,2)10-8-16(14)24/h12-21,23,26-29H,3-11H2,1-2H3,(H,30,31)/t12-,13+,14-,15-,16-,17-,18-,19-,20+,21-,23+,24-,25-/m0/s1. The lowest BCUT2D eigenvalue weighted by atomic mass is 9.45. The normalized spacial score (nSPS) is 56.5. The molecule has 4 saturated carbocycles. The van der Waals surface area contributed by atoms with Crippen LogP contribution in [-0.4, -0.2) is 74.4 Å². The third-order valence-corrected chi connectivity index (χ3v) is 10.7. The van der Waals surface area contributed by atoms with Gasteiger partial charge in [0.2, 0.25) is 0 Å². The molecule has 188 valence electrons. The minimum atomic E-state index is -1.70. The summed E-state index contributed by atoms with van der Waals surface area (Å²) >= 11 is 0. The first kappa shape index (κ1) is 23.9. The first-order valence-corrected chi connectivity index (χ1v) is 12.8. The molecule has 0 spiro atoms. The van der Waals surface area contributed by atoms with Crippen LogP contribution in [-0.2, 0) is 14.3 Å². The largest absolute Gasteiger partial charge is 0.479 e. The van der Waals surface area contributed by atoms with Crippen LogP contribution in [0.3, 0.4) is 0 Å². The molecule has 5 aliphatic rings. The van der Waals surface area contributed by atoms with Crippen LogP contribution in [0, 0.1) is 34.5 Å². The highest BCUT2D eigenvalue weighted by Gasteiger charge is 2.60. The highest BCUT2D eigenvalue weighted by atomic mass is 16.7. The second-order valence-corrected chi connectivity index (χ2v) is 12.1. The van der Waals surface area contributed by atoms with Gasteiger partial charge in [-0.2, -0.15) is 0 Å². The Balaban J connectivity index is 1.26. The second-order valence-electron chi connectivity index (χ2n) is 12.1. The molecule has 5 N–H and O–H groups in total. The molecule has 1 heterocycles. The molecule has 0 bridgehead atoms. The van der Waals surface area contributed by atoms with Gasteiger partial charge in [0, 0.05) is 0 Å². The average Bonchev–Trinajstić information content (AvgIpc) is 3.08. The van der Waals surface area contributed by atoms with Crippen LogP contribution in [0.25, 0.3) is 0 Å². The molecule has 1 aliphatic heterocycles. The third-order valence-electron chi connectivity index (χ3n) is 10.7. The minimum Gasteiger partial charge on any atom is -0.479 e. The summed E-state index contributed by atoms with van der Waals surface area (Å²) in [6, 6.07) is 0. The Hall–Kier alpha value is -0.770. The maximum absolute atomic E-state index is 11.4. The van der Waals surface area contributed by atoms with Gasteiger partial charge in [0.05, 0.1) is 12.2 Å². The van der Waals surface area contributed by atoms with Gasteiger partial charge in [-0.15, -0.1) is 0 Å². The molecule has 4 aliphatic carbocycles. The van der Waals surface area contributed by atoms with Crippen molar-refractivity contribution in [2.24, 2.45) is 34.5 Å². The summed E-state index contributed by atoms with van der Waals surface area (Å²) in [5.74, 6) is 1.05. The molecule has 0 amide bonds. The number of aliphatic hydroxyl groups excluding tert-OH is 4. The first-order chi connectivity index (χ1) is 15.6. The Morgan fingerprint density at radius 3 is 2.27 bits per heavy atom. The fourth-order valence-corrected chi connectivity index (χ4v) is 8.67. The summed E-state index contributed by atoms with van der Waals surface area (Å²) in [6.07, 6.45) is 1.19. The lowest BCUT2D eigenvalue weighted by Gasteiger charge is -2.61. The van der Waals surface area contributed by atoms with E-state index in [1.807, 2.05) is 0 Å². The van der Waals surface area contributed by atoms with Gasteiger partial charge in [-0.05, 0) is 92.3 Å². The van der Waals surface area contributed by atoms with Gasteiger partial charge >= 0.3 is 5.97 Å². The van der Waals surface area contributed by atoms with E-state index < -0.39 is 36.7 Å². The van der Waals surface area contributed by atoms with Crippen molar-refractivity contribution in [2.75, 3.05) is 0 Å². The predicted molar refractivity (Wildman–Crippen MR) is 117 cm³/mol. The van der Waals surface area contributed by atoms with Crippen molar-refractivity contribution in [3.63, 3.8) is 0 Å². The van der Waals surface area contributed by atoms with E-state index in [1.54, 1.807) is 0 Å². The number of carboxylic acids is 1. The minimum absolute atomic E-state index is 0.0746. The summed E-state index contributed by atoms with van der Waals surface area (Å²) in [4.78, 5) is 11.4. The Morgan fingerprint density at radius 1 is 0.848 bits per heavy atom. The monoisotopic (exact) mass is 468 g/mol. The summed E-state index contributed by atoms with van der Waals surface area (Å²) < 4.78 is 11.4. The third kappa shape index (κ3) is 3.67. The zero-order chi connectivity index (χ0) is 23.7. The molecule has 0 unspecified atom stereocenters. The lowest BCUT2D eigenvalue weighted by molar-refractivity contribution is -0.309. The van der Waals surface area contributed by atoms with Crippen LogP contribution in [0.5, 0.6) is 0 Å². The summed E-state index contributed by atoms with van der Waals surface area (Å²) in [6.45, 7) is 4.74. The molecule has 5 rings (SSSR count). The van der Waals surface area contributed by atoms with Crippen LogP contribution in [0.2, 0.25) is 0 Å². The van der Waals surface area contributed by atoms with E-state index in [2.05, 4.69) is 13.8 Å². The number of hydrogen-bond acceptors (Lipinski definition) is 7. The highest BCUT2D eigenvalue weighted by Crippen LogP contribution is 2.66. The number of rotatable bonds is 3. The molecule has 5 fully saturated rings. The number of fused-ring (bicyclic) bond motifs is 5. The van der Waals surface area contributed by atoms with Crippen molar-refractivity contribution in [1.82, 2.24) is 0 Å². The van der Waals surface area contributed by atoms with E-state index in [4.69, 9.17) is 9.47 Å². The van der Waals surface area contributed by atoms with Crippen molar-refractivity contribution in [1.29, 1.82) is 0 Å². The lowest BCUT2D eigenvalue weighted by Crippen LogP contribution is -2.61. The van der Waals surface area contributed by atoms with E-state index in [0.29, 0.717) is 23.7 Å². The maximum Gasteiger partial charge on any atom is 0.335 e. The topological polar surface area (TPSA) is 137 Å². The summed E-state index contributed by atoms with van der Waals surface area (Å²) in [5.41, 5.74) is 0.300. The van der Waals surface area contributed by atoms with Crippen molar-refractivity contribution in [2.45, 2.75) is 115 Å². The van der Waals surface area contributed by atoms with Gasteiger partial charge < -0.3 is 35.0 Å². The average molecular weight is 469 g/mol. The van der Waals surface area contributed by atoms with Crippen molar-refractivity contribution < 1.29 is 39.8 Å². The van der Waals surface area contributed by atoms with Gasteiger partial charge in [0.25, 0.3) is 0 Å². The molecule has 0 aromatic heterocycles. The second kappa shape index (κ2) is 8.42. The Morgan fingerprint density at radius 2 is 1.55 bits per heavy atom. The quantitative estimate of drug-likeness (QED) is 0.395. The molecule has 33 heavy (non-hydrogen) atoms. The molecular formula is C25H40O8. The van der Waals surface area contributed by atoms with E-state index in [1.165, 1.54) is 12.8 Å². The first-order valence-electron chi connectivity index (χ1n) is 12.8. The Kier molecular flexibility index (Phi) is 6.11. The van der Waals surface area contributed by atoms with E-state index in [9.17, 15) is 30.3 Å². The van der Waals surface area contributed by atoms with Gasteiger partial charge in [-0.3, -0.25) is 0 Å². The number of aliphatic carboxylic acids is 1. The molecule has 8 nitrogen and oxygen atoms in total. The van der Waals surface area contributed by atoms with E-state index in [0.717, 1.165) is 44.9 Å². The van der Waals surface area contributed by atoms with Crippen LogP contribution >= 0.6 is 0 Å². The van der Waals surface area contributed by atoms with E-state index in [-0.39, 0.29) is 23.0 Å². The van der Waals surface area contributed by atoms with Gasteiger partial charge in [-0.25, -0.2) is 4.79 Å². The highest BCUT2D eigenvalue weighted by molar-refractivity contribution is 5.73. The van der Waals surface area contributed by atoms with E-state index >= 15 is 0 Å². The van der Waals surface area contributed by atoms with Crippen LogP contribution in [0.4, 0.5) is 0 Å². The Labute approximate surface area is 195 Å². The SMILES string of the molecule is C[C@]12CC[C@@H](O[C@@H]3O[C@H](C(=O)O)[C@@H](O)[C@H](O)[C@H]3O)C[C@@H]1CC[C@@H]1[C@@H]2CC[C@]2(C)[C@@H](O)CC[C@@H]12. The fraction of sp³-hybridized carbons (Fsp3) is 0.960. The molecule has 0 aromatic carbocycles. The van der Waals surface area contributed by atoms with Gasteiger partial charge in [0.15, 0.2) is 12.4 Å². The van der Waals surface area contributed by atoms with Crippen molar-refractivity contribution in [3.8, 4) is 0 Å². The number of carboxylic acid groups (broad SMARTS) is 1. The molecule has 8 heteroatoms. The molecule has 1 saturated heterocycles. The zero-order valence-corrected chi connectivity index (χ0v) is 19.7. The summed E-state index contributed by atoms with van der Waals surface area (Å²) in [7, 11) is 0. The number of aliphatic hydroxyl groups is 4. The number of hydrogen-bond donors (Lipinski definition) is 5. The number of ether oxygens (including phenoxy) is 2. The fourth-order valence-electron chi connectivity index (χ4n) is 8.67. The van der Waals surface area contributed by atoms with Gasteiger partial charge in [0.1, 0.15) is 18.3 Å². The molecule has 13 atom stereocenters. The smallest absolute Gasteiger partial charge is 0.335 e. The van der Waals surface area contributed by atoms with Crippen LogP contribution in [0.15, 0.2) is 0 Å². The van der Waals surface area contributed by atoms with Crippen molar-refractivity contribution >= 4 is 5.97 Å². The van der Waals surface area contributed by atoms with Crippen LogP contribution in [0.1, 0.15) is 71.6 Å². The van der Waals surface area contributed by atoms with Crippen molar-refractivity contribution in [3.05, 3.63) is 0 Å². The molecular weight excluding hydrogens is 428 g/mol. The van der Waals surface area contributed by atoms with Crippen LogP contribution < -0.4 is 0 Å². The number of carbonyl (C=O) groups is 1. The van der Waals surface area contributed by atoms with Gasteiger partial charge in [-0.1, -0.05) is 13.8 Å².